The fourth-order valence-electron chi connectivity index (χ4n) is 2.40. The summed E-state index contributed by atoms with van der Waals surface area (Å²) in [5, 5.41) is 9.66. The van der Waals surface area contributed by atoms with E-state index in [2.05, 4.69) is 15.9 Å². The molecule has 116 valence electrons. The Morgan fingerprint density at radius 1 is 1.48 bits per heavy atom. The van der Waals surface area contributed by atoms with Crippen molar-refractivity contribution in [1.82, 2.24) is 4.90 Å². The molecule has 0 bridgehead atoms. The first-order valence-corrected chi connectivity index (χ1v) is 9.40. The number of rotatable bonds is 4. The highest BCUT2D eigenvalue weighted by Crippen LogP contribution is 2.25. The molecule has 1 atom stereocenters. The first-order chi connectivity index (χ1) is 9.84. The predicted molar refractivity (Wildman–Crippen MR) is 84.3 cm³/mol. The molecule has 1 amide bonds. The number of hydrogen-bond acceptors (Lipinski definition) is 4. The zero-order valence-corrected chi connectivity index (χ0v) is 14.3. The number of halogens is 2. The van der Waals surface area contributed by atoms with Gasteiger partial charge in [-0.15, -0.1) is 0 Å². The van der Waals surface area contributed by atoms with Gasteiger partial charge in [0.2, 0.25) is 0 Å². The number of aliphatic hydroxyl groups is 1. The lowest BCUT2D eigenvalue weighted by Crippen LogP contribution is -2.43. The monoisotopic (exact) mass is 395 g/mol. The molecule has 1 aliphatic rings. The molecule has 0 aliphatic carbocycles. The molecule has 5 nitrogen and oxygen atoms in total. The van der Waals surface area contributed by atoms with Crippen molar-refractivity contribution < 1.29 is 18.3 Å². The lowest BCUT2D eigenvalue weighted by molar-refractivity contribution is 0.0654. The molecule has 1 heterocycles. The molecule has 2 rings (SSSR count). The van der Waals surface area contributed by atoms with Crippen LogP contribution in [0.15, 0.2) is 22.7 Å². The molecule has 1 fully saturated rings. The van der Waals surface area contributed by atoms with Crippen LogP contribution in [0.3, 0.4) is 0 Å². The van der Waals surface area contributed by atoms with Gasteiger partial charge in [0.1, 0.15) is 0 Å². The van der Waals surface area contributed by atoms with Gasteiger partial charge in [0.15, 0.2) is 9.84 Å². The van der Waals surface area contributed by atoms with Crippen molar-refractivity contribution >= 4 is 43.3 Å². The lowest BCUT2D eigenvalue weighted by Gasteiger charge is -2.28. The molecule has 21 heavy (non-hydrogen) atoms. The van der Waals surface area contributed by atoms with Gasteiger partial charge < -0.3 is 10.0 Å². The van der Waals surface area contributed by atoms with Crippen molar-refractivity contribution in [2.75, 3.05) is 24.7 Å². The molecule has 1 saturated heterocycles. The zero-order chi connectivity index (χ0) is 15.6. The van der Waals surface area contributed by atoms with Crippen molar-refractivity contribution in [2.24, 2.45) is 0 Å². The molecule has 1 aliphatic heterocycles. The zero-order valence-electron chi connectivity index (χ0n) is 11.1. The van der Waals surface area contributed by atoms with Crippen LogP contribution in [0, 0.1) is 0 Å². The van der Waals surface area contributed by atoms with Gasteiger partial charge in [-0.05, 0) is 40.5 Å². The maximum atomic E-state index is 12.6. The highest BCUT2D eigenvalue weighted by Gasteiger charge is 2.35. The van der Waals surface area contributed by atoms with Gasteiger partial charge in [0.05, 0.1) is 23.7 Å². The molecular weight excluding hydrogens is 382 g/mol. The third kappa shape index (κ3) is 3.97. The highest BCUT2D eigenvalue weighted by atomic mass is 79.9. The Balaban J connectivity index is 2.27. The van der Waals surface area contributed by atoms with Crippen molar-refractivity contribution in [3.05, 3.63) is 33.3 Å². The van der Waals surface area contributed by atoms with Crippen LogP contribution in [-0.4, -0.2) is 55.0 Å². The lowest BCUT2D eigenvalue weighted by atomic mass is 10.1. The largest absolute Gasteiger partial charge is 0.395 e. The Morgan fingerprint density at radius 3 is 2.71 bits per heavy atom. The number of nitrogens with zero attached hydrogens (tertiary/aromatic N) is 1. The average molecular weight is 397 g/mol. The molecule has 0 spiro atoms. The molecule has 1 aromatic rings. The Hall–Kier alpha value is -0.630. The number of amides is 1. The summed E-state index contributed by atoms with van der Waals surface area (Å²) in [6.45, 7) is -0.110. The van der Waals surface area contributed by atoms with E-state index in [1.807, 2.05) is 0 Å². The van der Waals surface area contributed by atoms with Crippen molar-refractivity contribution in [1.29, 1.82) is 0 Å². The summed E-state index contributed by atoms with van der Waals surface area (Å²) in [5.41, 5.74) is 0.400. The fourth-order valence-corrected chi connectivity index (χ4v) is 4.98. The first kappa shape index (κ1) is 16.7. The van der Waals surface area contributed by atoms with Gasteiger partial charge in [-0.2, -0.15) is 0 Å². The summed E-state index contributed by atoms with van der Waals surface area (Å²) in [5.74, 6) is -0.284. The van der Waals surface area contributed by atoms with Crippen molar-refractivity contribution in [3.63, 3.8) is 0 Å². The van der Waals surface area contributed by atoms with Gasteiger partial charge >= 0.3 is 0 Å². The van der Waals surface area contributed by atoms with E-state index in [1.54, 1.807) is 18.2 Å². The predicted octanol–water partition coefficient (Wildman–Crippen LogP) is 1.72. The van der Waals surface area contributed by atoms with E-state index in [9.17, 15) is 13.2 Å². The summed E-state index contributed by atoms with van der Waals surface area (Å²) < 4.78 is 23.7. The second-order valence-electron chi connectivity index (χ2n) is 4.90. The van der Waals surface area contributed by atoms with Crippen LogP contribution in [0.5, 0.6) is 0 Å². The van der Waals surface area contributed by atoms with Crippen molar-refractivity contribution in [2.45, 2.75) is 12.5 Å². The summed E-state index contributed by atoms with van der Waals surface area (Å²) in [6.07, 6.45) is 0.402. The average Bonchev–Trinajstić information content (AvgIpc) is 2.75. The van der Waals surface area contributed by atoms with Crippen LogP contribution < -0.4 is 0 Å². The SMILES string of the molecule is O=C(c1ccc(Cl)cc1Br)N(CCO)C1CCS(=O)(=O)C1. The molecule has 1 N–H and O–H groups in total. The highest BCUT2D eigenvalue weighted by molar-refractivity contribution is 9.10. The van der Waals surface area contributed by atoms with Crippen LogP contribution in [0.1, 0.15) is 16.8 Å². The van der Waals surface area contributed by atoms with Gasteiger partial charge in [-0.1, -0.05) is 11.6 Å². The van der Waals surface area contributed by atoms with E-state index < -0.39 is 15.9 Å². The normalized spacial score (nSPS) is 20.4. The van der Waals surface area contributed by atoms with Crippen LogP contribution in [0.25, 0.3) is 0 Å². The minimum Gasteiger partial charge on any atom is -0.395 e. The quantitative estimate of drug-likeness (QED) is 0.841. The van der Waals surface area contributed by atoms with Gasteiger partial charge in [-0.3, -0.25) is 4.79 Å². The molecule has 0 aromatic heterocycles. The minimum absolute atomic E-state index is 0.0516. The Kier molecular flexibility index (Phi) is 5.29. The summed E-state index contributed by atoms with van der Waals surface area (Å²) in [7, 11) is -3.10. The summed E-state index contributed by atoms with van der Waals surface area (Å²) >= 11 is 9.14. The molecule has 0 radical (unpaired) electrons. The summed E-state index contributed by atoms with van der Waals surface area (Å²) in [6, 6.07) is 4.40. The topological polar surface area (TPSA) is 74.7 Å². The maximum Gasteiger partial charge on any atom is 0.255 e. The molecule has 0 saturated carbocycles. The van der Waals surface area contributed by atoms with Crippen LogP contribution in [-0.2, 0) is 9.84 Å². The third-order valence-corrected chi connectivity index (χ3v) is 6.05. The molecule has 1 unspecified atom stereocenters. The standard InChI is InChI=1S/C13H15BrClNO4S/c14-12-7-9(15)1-2-11(12)13(18)16(4-5-17)10-3-6-21(19,20)8-10/h1-2,7,10,17H,3-6,8H2. The van der Waals surface area contributed by atoms with E-state index in [0.717, 1.165) is 0 Å². The third-order valence-electron chi connectivity index (χ3n) is 3.41. The van der Waals surface area contributed by atoms with E-state index in [-0.39, 0.29) is 30.6 Å². The summed E-state index contributed by atoms with van der Waals surface area (Å²) in [4.78, 5) is 14.0. The Bertz CT molecular complexity index is 650. The number of aliphatic hydroxyl groups excluding tert-OH is 1. The number of hydrogen-bond donors (Lipinski definition) is 1. The van der Waals surface area contributed by atoms with E-state index >= 15 is 0 Å². The minimum atomic E-state index is -3.10. The van der Waals surface area contributed by atoms with Crippen LogP contribution >= 0.6 is 27.5 Å². The van der Waals surface area contributed by atoms with E-state index in [4.69, 9.17) is 16.7 Å². The smallest absolute Gasteiger partial charge is 0.255 e. The fraction of sp³-hybridized carbons (Fsp3) is 0.462. The maximum absolute atomic E-state index is 12.6. The molecule has 1 aromatic carbocycles. The van der Waals surface area contributed by atoms with Gasteiger partial charge in [0, 0.05) is 22.1 Å². The first-order valence-electron chi connectivity index (χ1n) is 6.41. The number of benzene rings is 1. The van der Waals surface area contributed by atoms with Gasteiger partial charge in [0.25, 0.3) is 5.91 Å². The Morgan fingerprint density at radius 2 is 2.19 bits per heavy atom. The second kappa shape index (κ2) is 6.64. The number of sulfone groups is 1. The molecule has 8 heteroatoms. The van der Waals surface area contributed by atoms with E-state index in [1.165, 1.54) is 4.90 Å². The second-order valence-corrected chi connectivity index (χ2v) is 8.42. The number of carbonyl (C=O) groups excluding carboxylic acids is 1. The van der Waals surface area contributed by atoms with E-state index in [0.29, 0.717) is 21.5 Å². The molecular formula is C13H15BrClNO4S. The van der Waals surface area contributed by atoms with Crippen molar-refractivity contribution in [3.8, 4) is 0 Å². The van der Waals surface area contributed by atoms with Crippen LogP contribution in [0.2, 0.25) is 5.02 Å². The van der Waals surface area contributed by atoms with Gasteiger partial charge in [-0.25, -0.2) is 8.42 Å². The Labute approximate surface area is 136 Å². The number of carbonyl (C=O) groups is 1. The van der Waals surface area contributed by atoms with Crippen LogP contribution in [0.4, 0.5) is 0 Å².